The van der Waals surface area contributed by atoms with Crippen LogP contribution >= 0.6 is 0 Å². The van der Waals surface area contributed by atoms with E-state index in [1.807, 2.05) is 6.92 Å². The molecule has 0 spiro atoms. The number of rotatable bonds is 7. The van der Waals surface area contributed by atoms with Crippen molar-refractivity contribution < 1.29 is 14.7 Å². The van der Waals surface area contributed by atoms with E-state index in [4.69, 9.17) is 9.90 Å². The molecule has 1 aromatic carbocycles. The third kappa shape index (κ3) is 16.5. The highest BCUT2D eigenvalue weighted by molar-refractivity contribution is 5.32. The summed E-state index contributed by atoms with van der Waals surface area (Å²) in [7, 11) is 0. The van der Waals surface area contributed by atoms with E-state index in [-0.39, 0.29) is 12.6 Å². The van der Waals surface area contributed by atoms with E-state index in [0.717, 1.165) is 12.8 Å². The third-order valence-electron chi connectivity index (χ3n) is 3.33. The molecule has 0 saturated heterocycles. The first-order valence-electron chi connectivity index (χ1n) is 8.45. The number of carboxylic acid groups (broad SMARTS) is 1. The van der Waals surface area contributed by atoms with Gasteiger partial charge in [0.15, 0.2) is 5.34 Å². The van der Waals surface area contributed by atoms with Gasteiger partial charge in [-0.25, -0.2) is 0 Å². The lowest BCUT2D eigenvalue weighted by Crippen LogP contribution is -2.10. The lowest BCUT2D eigenvalue weighted by molar-refractivity contribution is -0.122. The van der Waals surface area contributed by atoms with E-state index in [1.54, 1.807) is 0 Å². The van der Waals surface area contributed by atoms with E-state index in [9.17, 15) is 4.91 Å². The fraction of sp³-hybridized carbons (Fsp3) is 0.632. The van der Waals surface area contributed by atoms with Crippen LogP contribution in [0.3, 0.4) is 0 Å². The molecule has 0 saturated carbocycles. The number of unbranched alkanes of at least 4 members (excludes halogenated alkanes) is 3. The first kappa shape index (κ1) is 24.3. The molecule has 0 aromatic heterocycles. The van der Waals surface area contributed by atoms with Crippen molar-refractivity contribution >= 4 is 6.47 Å². The minimum atomic E-state index is -0.250. The van der Waals surface area contributed by atoms with Gasteiger partial charge in [0.05, 0.1) is 0 Å². The molecule has 0 fully saturated rings. The molecule has 0 aliphatic heterocycles. The van der Waals surface area contributed by atoms with E-state index in [0.29, 0.717) is 5.41 Å². The normalized spacial score (nSPS) is 11.0. The fourth-order valence-corrected chi connectivity index (χ4v) is 1.92. The summed E-state index contributed by atoms with van der Waals surface area (Å²) >= 11 is 0. The molecule has 1 atom stereocenters. The molecule has 5 nitrogen and oxygen atoms in total. The molecule has 5 heteroatoms. The molecule has 0 amide bonds. The van der Waals surface area contributed by atoms with Crippen molar-refractivity contribution in [3.8, 4) is 0 Å². The number of hydrogen-bond donors (Lipinski definition) is 1. The SMILES string of the molecule is CC(C)(C)c1ccccc1.CCCCCCC(C)ON=O.O=CO. The molecule has 1 rings (SSSR count). The van der Waals surface area contributed by atoms with Gasteiger partial charge in [-0.2, -0.15) is 0 Å². The Morgan fingerprint density at radius 2 is 1.71 bits per heavy atom. The smallest absolute Gasteiger partial charge is 0.290 e. The summed E-state index contributed by atoms with van der Waals surface area (Å²) in [6, 6.07) is 10.6. The monoisotopic (exact) mass is 339 g/mol. The lowest BCUT2D eigenvalue weighted by atomic mass is 9.87. The van der Waals surface area contributed by atoms with Crippen molar-refractivity contribution in [1.82, 2.24) is 0 Å². The van der Waals surface area contributed by atoms with Crippen LogP contribution in [0.2, 0.25) is 0 Å². The van der Waals surface area contributed by atoms with Gasteiger partial charge in [-0.15, -0.1) is 4.91 Å². The molecule has 0 radical (unpaired) electrons. The van der Waals surface area contributed by atoms with Gasteiger partial charge in [0, 0.05) is 0 Å². The molecule has 138 valence electrons. The van der Waals surface area contributed by atoms with Crippen molar-refractivity contribution in [3.63, 3.8) is 0 Å². The van der Waals surface area contributed by atoms with Gasteiger partial charge in [0.1, 0.15) is 6.10 Å². The number of nitrogens with zero attached hydrogens (tertiary/aromatic N) is 1. The highest BCUT2D eigenvalue weighted by Crippen LogP contribution is 2.20. The van der Waals surface area contributed by atoms with Gasteiger partial charge < -0.3 is 9.94 Å². The van der Waals surface area contributed by atoms with Crippen LogP contribution in [0.1, 0.15) is 72.3 Å². The maximum Gasteiger partial charge on any atom is 0.290 e. The second-order valence-corrected chi connectivity index (χ2v) is 6.56. The van der Waals surface area contributed by atoms with Crippen LogP contribution in [0.5, 0.6) is 0 Å². The Morgan fingerprint density at radius 3 is 2.08 bits per heavy atom. The highest BCUT2D eigenvalue weighted by Gasteiger charge is 2.11. The van der Waals surface area contributed by atoms with Crippen molar-refractivity contribution in [2.75, 3.05) is 0 Å². The highest BCUT2D eigenvalue weighted by atomic mass is 16.7. The van der Waals surface area contributed by atoms with Crippen LogP contribution in [0.25, 0.3) is 0 Å². The molecule has 0 aliphatic rings. The van der Waals surface area contributed by atoms with Crippen molar-refractivity contribution in [2.24, 2.45) is 5.34 Å². The third-order valence-corrected chi connectivity index (χ3v) is 3.33. The van der Waals surface area contributed by atoms with Crippen molar-refractivity contribution in [2.45, 2.75) is 78.2 Å². The molecule has 0 bridgehead atoms. The van der Waals surface area contributed by atoms with Crippen molar-refractivity contribution in [3.05, 3.63) is 40.8 Å². The Bertz CT molecular complexity index is 402. The standard InChI is InChI=1S/C10H14.C8H17NO2.CH2O2/c1-10(2,3)9-7-5-4-6-8-9;1-3-4-5-6-7-8(2)11-9-10;2-1-3/h4-8H,1-3H3;8H,3-7H2,1-2H3;1H,(H,2,3). The fourth-order valence-electron chi connectivity index (χ4n) is 1.92. The second kappa shape index (κ2) is 16.0. The van der Waals surface area contributed by atoms with Crippen LogP contribution < -0.4 is 0 Å². The quantitative estimate of drug-likeness (QED) is 0.298. The number of benzene rings is 1. The summed E-state index contributed by atoms with van der Waals surface area (Å²) in [5, 5.41) is 9.27. The summed E-state index contributed by atoms with van der Waals surface area (Å²) < 4.78 is 0. The molecular weight excluding hydrogens is 306 g/mol. The Kier molecular flexibility index (Phi) is 16.2. The molecule has 0 aliphatic carbocycles. The van der Waals surface area contributed by atoms with Crippen LogP contribution in [-0.4, -0.2) is 17.7 Å². The summed E-state index contributed by atoms with van der Waals surface area (Å²) in [6.07, 6.45) is 5.78. The minimum Gasteiger partial charge on any atom is -0.483 e. The maximum absolute atomic E-state index is 9.63. The minimum absolute atomic E-state index is 0.00986. The Labute approximate surface area is 146 Å². The average Bonchev–Trinajstić information content (AvgIpc) is 2.53. The molecule has 0 heterocycles. The number of hydrogen-bond acceptors (Lipinski definition) is 4. The predicted octanol–water partition coefficient (Wildman–Crippen LogP) is 5.73. The maximum atomic E-state index is 9.63. The van der Waals surface area contributed by atoms with Gasteiger partial charge in [0.25, 0.3) is 6.47 Å². The molecule has 1 unspecified atom stereocenters. The Balaban J connectivity index is 0. The van der Waals surface area contributed by atoms with E-state index >= 15 is 0 Å². The summed E-state index contributed by atoms with van der Waals surface area (Å²) in [6.45, 7) is 10.5. The van der Waals surface area contributed by atoms with Gasteiger partial charge >= 0.3 is 0 Å². The van der Waals surface area contributed by atoms with E-state index in [2.05, 4.69) is 68.2 Å². The molecule has 1 aromatic rings. The van der Waals surface area contributed by atoms with E-state index in [1.165, 1.54) is 24.8 Å². The average molecular weight is 339 g/mol. The Morgan fingerprint density at radius 1 is 1.17 bits per heavy atom. The van der Waals surface area contributed by atoms with Gasteiger partial charge in [-0.05, 0) is 30.7 Å². The van der Waals surface area contributed by atoms with E-state index < -0.39 is 0 Å². The second-order valence-electron chi connectivity index (χ2n) is 6.56. The van der Waals surface area contributed by atoms with Crippen LogP contribution in [0, 0.1) is 4.91 Å². The zero-order chi connectivity index (χ0) is 18.8. The molecule has 1 N–H and O–H groups in total. The first-order chi connectivity index (χ1) is 11.3. The van der Waals surface area contributed by atoms with Gasteiger partial charge in [-0.1, -0.05) is 77.3 Å². The van der Waals surface area contributed by atoms with Crippen LogP contribution in [0.4, 0.5) is 0 Å². The first-order valence-corrected chi connectivity index (χ1v) is 8.45. The molecule has 24 heavy (non-hydrogen) atoms. The van der Waals surface area contributed by atoms with Gasteiger partial charge in [-0.3, -0.25) is 4.79 Å². The summed E-state index contributed by atoms with van der Waals surface area (Å²) in [5.74, 6) is 0. The van der Waals surface area contributed by atoms with Gasteiger partial charge in [0.2, 0.25) is 0 Å². The topological polar surface area (TPSA) is 76.0 Å². The Hall–Kier alpha value is -1.91. The zero-order valence-corrected chi connectivity index (χ0v) is 15.7. The van der Waals surface area contributed by atoms with Crippen molar-refractivity contribution in [1.29, 1.82) is 0 Å². The summed E-state index contributed by atoms with van der Waals surface area (Å²) in [5.41, 5.74) is 1.69. The summed E-state index contributed by atoms with van der Waals surface area (Å²) in [4.78, 5) is 22.5. The molecular formula is C19H33NO4. The van der Waals surface area contributed by atoms with Crippen LogP contribution in [-0.2, 0) is 15.0 Å². The van der Waals surface area contributed by atoms with Crippen LogP contribution in [0.15, 0.2) is 35.7 Å². The number of carbonyl (C=O) groups is 1. The lowest BCUT2D eigenvalue weighted by Gasteiger charge is -2.18. The zero-order valence-electron chi connectivity index (χ0n) is 15.7. The largest absolute Gasteiger partial charge is 0.483 e. The predicted molar refractivity (Wildman–Crippen MR) is 98.9 cm³/mol.